The SMILES string of the molecule is CCCCCC[C@H](C)CC(C#N)CC. The summed E-state index contributed by atoms with van der Waals surface area (Å²) in [7, 11) is 0. The molecule has 0 bridgehead atoms. The van der Waals surface area contributed by atoms with Crippen LogP contribution in [0.4, 0.5) is 0 Å². The highest BCUT2D eigenvalue weighted by atomic mass is 14.3. The Kier molecular flexibility index (Phi) is 8.73. The van der Waals surface area contributed by atoms with E-state index in [4.69, 9.17) is 5.26 Å². The van der Waals surface area contributed by atoms with Gasteiger partial charge in [0, 0.05) is 5.92 Å². The van der Waals surface area contributed by atoms with Gasteiger partial charge in [-0.1, -0.05) is 52.9 Å². The zero-order valence-corrected chi connectivity index (χ0v) is 10.1. The summed E-state index contributed by atoms with van der Waals surface area (Å²) in [5.74, 6) is 1.02. The minimum absolute atomic E-state index is 0.288. The quantitative estimate of drug-likeness (QED) is 0.522. The van der Waals surface area contributed by atoms with Gasteiger partial charge in [-0.3, -0.25) is 0 Å². The fourth-order valence-electron chi connectivity index (χ4n) is 1.83. The maximum absolute atomic E-state index is 8.83. The van der Waals surface area contributed by atoms with E-state index in [2.05, 4.69) is 26.8 Å². The Hall–Kier alpha value is -0.510. The second-order valence-corrected chi connectivity index (χ2v) is 4.42. The summed E-state index contributed by atoms with van der Waals surface area (Å²) in [6.07, 6.45) is 8.79. The first-order chi connectivity index (χ1) is 6.74. The summed E-state index contributed by atoms with van der Waals surface area (Å²) >= 11 is 0. The number of nitriles is 1. The minimum Gasteiger partial charge on any atom is -0.198 e. The third kappa shape index (κ3) is 6.95. The smallest absolute Gasteiger partial charge is 0.0655 e. The van der Waals surface area contributed by atoms with Crippen LogP contribution in [-0.4, -0.2) is 0 Å². The van der Waals surface area contributed by atoms with Crippen molar-refractivity contribution in [3.8, 4) is 6.07 Å². The van der Waals surface area contributed by atoms with Gasteiger partial charge in [-0.25, -0.2) is 0 Å². The predicted octanol–water partition coefficient (Wildman–Crippen LogP) is 4.53. The second kappa shape index (κ2) is 9.06. The molecule has 0 N–H and O–H groups in total. The molecular formula is C13H25N. The highest BCUT2D eigenvalue weighted by Crippen LogP contribution is 2.20. The monoisotopic (exact) mass is 195 g/mol. The number of rotatable bonds is 8. The fourth-order valence-corrected chi connectivity index (χ4v) is 1.83. The Morgan fingerprint density at radius 3 is 2.36 bits per heavy atom. The van der Waals surface area contributed by atoms with E-state index < -0.39 is 0 Å². The first kappa shape index (κ1) is 13.5. The molecule has 0 radical (unpaired) electrons. The van der Waals surface area contributed by atoms with Crippen LogP contribution in [0.1, 0.15) is 65.7 Å². The molecule has 0 spiro atoms. The zero-order chi connectivity index (χ0) is 10.8. The van der Waals surface area contributed by atoms with E-state index in [0.717, 1.165) is 18.8 Å². The first-order valence-corrected chi connectivity index (χ1v) is 6.14. The Morgan fingerprint density at radius 2 is 1.86 bits per heavy atom. The van der Waals surface area contributed by atoms with E-state index >= 15 is 0 Å². The van der Waals surface area contributed by atoms with E-state index in [0.29, 0.717) is 0 Å². The van der Waals surface area contributed by atoms with Crippen molar-refractivity contribution in [2.45, 2.75) is 65.7 Å². The summed E-state index contributed by atoms with van der Waals surface area (Å²) in [5.41, 5.74) is 0. The Balaban J connectivity index is 3.45. The van der Waals surface area contributed by atoms with Crippen molar-refractivity contribution in [1.82, 2.24) is 0 Å². The van der Waals surface area contributed by atoms with Gasteiger partial charge in [-0.2, -0.15) is 5.26 Å². The Bertz CT molecular complexity index is 157. The van der Waals surface area contributed by atoms with Gasteiger partial charge >= 0.3 is 0 Å². The number of hydrogen-bond acceptors (Lipinski definition) is 1. The summed E-state index contributed by atoms with van der Waals surface area (Å²) in [6.45, 7) is 6.63. The average molecular weight is 195 g/mol. The van der Waals surface area contributed by atoms with Gasteiger partial charge in [0.2, 0.25) is 0 Å². The largest absolute Gasteiger partial charge is 0.198 e. The molecule has 14 heavy (non-hydrogen) atoms. The van der Waals surface area contributed by atoms with Crippen molar-refractivity contribution >= 4 is 0 Å². The topological polar surface area (TPSA) is 23.8 Å². The highest BCUT2D eigenvalue weighted by Gasteiger charge is 2.09. The minimum atomic E-state index is 0.288. The van der Waals surface area contributed by atoms with Crippen molar-refractivity contribution in [3.63, 3.8) is 0 Å². The van der Waals surface area contributed by atoms with Crippen molar-refractivity contribution < 1.29 is 0 Å². The Morgan fingerprint density at radius 1 is 1.14 bits per heavy atom. The number of unbranched alkanes of at least 4 members (excludes halogenated alkanes) is 3. The summed E-state index contributed by atoms with van der Waals surface area (Å²) < 4.78 is 0. The van der Waals surface area contributed by atoms with Gasteiger partial charge in [-0.15, -0.1) is 0 Å². The predicted molar refractivity (Wildman–Crippen MR) is 61.9 cm³/mol. The van der Waals surface area contributed by atoms with Gasteiger partial charge in [0.05, 0.1) is 6.07 Å². The lowest BCUT2D eigenvalue weighted by atomic mass is 9.91. The molecule has 0 heterocycles. The third-order valence-corrected chi connectivity index (χ3v) is 2.91. The molecule has 0 aromatic carbocycles. The molecule has 0 aliphatic carbocycles. The van der Waals surface area contributed by atoms with Crippen LogP contribution in [0.2, 0.25) is 0 Å². The van der Waals surface area contributed by atoms with Gasteiger partial charge < -0.3 is 0 Å². The van der Waals surface area contributed by atoms with Crippen LogP contribution in [0.25, 0.3) is 0 Å². The van der Waals surface area contributed by atoms with Crippen LogP contribution >= 0.6 is 0 Å². The lowest BCUT2D eigenvalue weighted by Gasteiger charge is -2.13. The summed E-state index contributed by atoms with van der Waals surface area (Å²) in [4.78, 5) is 0. The third-order valence-electron chi connectivity index (χ3n) is 2.91. The molecule has 0 saturated carbocycles. The van der Waals surface area contributed by atoms with Crippen LogP contribution in [0.15, 0.2) is 0 Å². The standard InChI is InChI=1S/C13H25N/c1-4-6-7-8-9-12(3)10-13(5-2)11-14/h12-13H,4-10H2,1-3H3/t12-,13?/m0/s1. The molecule has 0 aliphatic rings. The molecule has 1 nitrogen and oxygen atoms in total. The molecule has 0 aromatic rings. The molecule has 1 heteroatoms. The highest BCUT2D eigenvalue weighted by molar-refractivity contribution is 4.82. The van der Waals surface area contributed by atoms with Crippen molar-refractivity contribution in [2.75, 3.05) is 0 Å². The molecule has 0 fully saturated rings. The van der Waals surface area contributed by atoms with Crippen LogP contribution in [-0.2, 0) is 0 Å². The molecule has 1 unspecified atom stereocenters. The van der Waals surface area contributed by atoms with E-state index in [9.17, 15) is 0 Å². The lowest BCUT2D eigenvalue weighted by Crippen LogP contribution is -2.03. The van der Waals surface area contributed by atoms with Crippen molar-refractivity contribution in [1.29, 1.82) is 5.26 Å². The molecule has 0 aliphatic heterocycles. The maximum Gasteiger partial charge on any atom is 0.0655 e. The molecule has 0 rings (SSSR count). The van der Waals surface area contributed by atoms with E-state index in [1.165, 1.54) is 32.1 Å². The molecule has 0 aromatic heterocycles. The molecule has 2 atom stereocenters. The molecule has 0 saturated heterocycles. The van der Waals surface area contributed by atoms with Gasteiger partial charge in [0.1, 0.15) is 0 Å². The van der Waals surface area contributed by atoms with Gasteiger partial charge in [0.25, 0.3) is 0 Å². The fraction of sp³-hybridized carbons (Fsp3) is 0.923. The Labute approximate surface area is 89.5 Å². The van der Waals surface area contributed by atoms with Crippen LogP contribution < -0.4 is 0 Å². The van der Waals surface area contributed by atoms with Gasteiger partial charge in [0.15, 0.2) is 0 Å². The molecular weight excluding hydrogens is 170 g/mol. The number of hydrogen-bond donors (Lipinski definition) is 0. The summed E-state index contributed by atoms with van der Waals surface area (Å²) in [6, 6.07) is 2.38. The van der Waals surface area contributed by atoms with Crippen LogP contribution in [0, 0.1) is 23.2 Å². The number of nitrogens with zero attached hydrogens (tertiary/aromatic N) is 1. The first-order valence-electron chi connectivity index (χ1n) is 6.14. The van der Waals surface area contributed by atoms with Crippen molar-refractivity contribution in [3.05, 3.63) is 0 Å². The zero-order valence-electron chi connectivity index (χ0n) is 10.1. The van der Waals surface area contributed by atoms with Crippen LogP contribution in [0.3, 0.4) is 0 Å². The molecule has 82 valence electrons. The van der Waals surface area contributed by atoms with Crippen molar-refractivity contribution in [2.24, 2.45) is 11.8 Å². The summed E-state index contributed by atoms with van der Waals surface area (Å²) in [5, 5.41) is 8.83. The van der Waals surface area contributed by atoms with E-state index in [-0.39, 0.29) is 5.92 Å². The van der Waals surface area contributed by atoms with E-state index in [1.807, 2.05) is 0 Å². The molecule has 0 amide bonds. The lowest BCUT2D eigenvalue weighted by molar-refractivity contribution is 0.403. The maximum atomic E-state index is 8.83. The van der Waals surface area contributed by atoms with Gasteiger partial charge in [-0.05, 0) is 18.8 Å². The van der Waals surface area contributed by atoms with E-state index in [1.54, 1.807) is 0 Å². The normalized spacial score (nSPS) is 14.7. The van der Waals surface area contributed by atoms with Crippen LogP contribution in [0.5, 0.6) is 0 Å². The average Bonchev–Trinajstić information content (AvgIpc) is 2.21. The second-order valence-electron chi connectivity index (χ2n) is 4.42.